The molecule has 3 heteroatoms. The number of carbonyl (C=O) groups excluding carboxylic acids is 1. The van der Waals surface area contributed by atoms with Crippen LogP contribution in [0, 0.1) is 23.7 Å². The summed E-state index contributed by atoms with van der Waals surface area (Å²) in [5.74, 6) is 1.22. The molecule has 0 aromatic carbocycles. The number of fused-ring (bicyclic) bond motifs is 1. The van der Waals surface area contributed by atoms with E-state index in [0.29, 0.717) is 18.3 Å². The molecule has 0 aromatic rings. The van der Waals surface area contributed by atoms with Crippen LogP contribution >= 0.6 is 0 Å². The zero-order chi connectivity index (χ0) is 11.8. The summed E-state index contributed by atoms with van der Waals surface area (Å²) in [6.45, 7) is 7.41. The molecule has 0 bridgehead atoms. The van der Waals surface area contributed by atoms with E-state index in [9.17, 15) is 4.79 Å². The minimum atomic E-state index is -0.231. The number of carbonyl (C=O) groups is 1. The zero-order valence-corrected chi connectivity index (χ0v) is 14.1. The normalized spacial score (nSPS) is 45.4. The summed E-state index contributed by atoms with van der Waals surface area (Å²) in [7, 11) is 0. The average Bonchev–Trinajstić information content (AvgIpc) is 2.16. The van der Waals surface area contributed by atoms with Crippen LogP contribution < -0.4 is 0 Å². The summed E-state index contributed by atoms with van der Waals surface area (Å²) in [5, 5.41) is 0. The van der Waals surface area contributed by atoms with E-state index in [4.69, 9.17) is 4.74 Å². The molecule has 4 atom stereocenters. The second-order valence-electron chi connectivity index (χ2n) is 6.16. The Morgan fingerprint density at radius 3 is 2.65 bits per heavy atom. The van der Waals surface area contributed by atoms with Crippen molar-refractivity contribution < 1.29 is 42.2 Å². The quantitative estimate of drug-likeness (QED) is 0.577. The molecule has 0 saturated heterocycles. The van der Waals surface area contributed by atoms with Gasteiger partial charge in [-0.15, -0.1) is 0 Å². The number of rotatable bonds is 2. The van der Waals surface area contributed by atoms with Gasteiger partial charge in [-0.05, 0) is 19.3 Å². The number of hydrogen-bond donors (Lipinski definition) is 0. The first kappa shape index (κ1) is 15.6. The fraction of sp³-hybridized carbons (Fsp3) is 0.857. The van der Waals surface area contributed by atoms with Crippen LogP contribution in [0.5, 0.6) is 0 Å². The first-order chi connectivity index (χ1) is 7.50. The Kier molecular flexibility index (Phi) is 5.23. The molecule has 0 amide bonds. The van der Waals surface area contributed by atoms with E-state index in [1.807, 2.05) is 0 Å². The van der Waals surface area contributed by atoms with Crippen molar-refractivity contribution >= 4 is 6.47 Å². The van der Waals surface area contributed by atoms with Crippen molar-refractivity contribution in [2.24, 2.45) is 17.3 Å². The number of ether oxygens (including phenoxy) is 1. The Morgan fingerprint density at radius 1 is 1.29 bits per heavy atom. The molecule has 2 saturated carbocycles. The van der Waals surface area contributed by atoms with Gasteiger partial charge in [-0.3, -0.25) is 4.79 Å². The zero-order valence-electron chi connectivity index (χ0n) is 11.2. The predicted octanol–water partition coefficient (Wildman–Crippen LogP) is 3.36. The third-order valence-corrected chi connectivity index (χ3v) is 4.82. The van der Waals surface area contributed by atoms with Crippen molar-refractivity contribution in [3.05, 3.63) is 6.42 Å². The van der Waals surface area contributed by atoms with Crippen molar-refractivity contribution in [3.8, 4) is 0 Å². The standard InChI is InChI=1S/C14H23O2.Y/c1-11-5-6-12-13(2,9-11)7-4-8-14(12,3)16-10-15;/h9-12H,4-8H2,1-3H3;/q-1;. The minimum Gasteiger partial charge on any atom is -0.461 e. The summed E-state index contributed by atoms with van der Waals surface area (Å²) in [4.78, 5) is 10.7. The minimum absolute atomic E-state index is 0. The average molecular weight is 312 g/mol. The molecule has 95 valence electrons. The van der Waals surface area contributed by atoms with Gasteiger partial charge < -0.3 is 11.2 Å². The van der Waals surface area contributed by atoms with Gasteiger partial charge in [-0.2, -0.15) is 11.3 Å². The van der Waals surface area contributed by atoms with Crippen LogP contribution in [0.15, 0.2) is 0 Å². The van der Waals surface area contributed by atoms with Crippen LogP contribution in [-0.4, -0.2) is 12.1 Å². The molecule has 2 fully saturated rings. The van der Waals surface area contributed by atoms with Crippen LogP contribution in [0.25, 0.3) is 0 Å². The first-order valence-electron chi connectivity index (χ1n) is 6.48. The van der Waals surface area contributed by atoms with Crippen molar-refractivity contribution in [2.75, 3.05) is 0 Å². The molecule has 2 aliphatic rings. The molecule has 1 radical (unpaired) electrons. The van der Waals surface area contributed by atoms with Crippen molar-refractivity contribution in [1.82, 2.24) is 0 Å². The summed E-state index contributed by atoms with van der Waals surface area (Å²) in [5.41, 5.74) is 0.0407. The Bertz CT molecular complexity index is 281. The third kappa shape index (κ3) is 2.94. The van der Waals surface area contributed by atoms with Crippen LogP contribution in [-0.2, 0) is 42.2 Å². The summed E-state index contributed by atoms with van der Waals surface area (Å²) < 4.78 is 5.44. The van der Waals surface area contributed by atoms with Crippen LogP contribution in [0.4, 0.5) is 0 Å². The van der Waals surface area contributed by atoms with Gasteiger partial charge in [0.1, 0.15) is 5.60 Å². The van der Waals surface area contributed by atoms with E-state index in [2.05, 4.69) is 27.2 Å². The molecular weight excluding hydrogens is 289 g/mol. The van der Waals surface area contributed by atoms with Gasteiger partial charge in [0.2, 0.25) is 0 Å². The maximum Gasteiger partial charge on any atom is 0.293 e. The molecule has 0 spiro atoms. The van der Waals surface area contributed by atoms with E-state index in [-0.39, 0.29) is 43.7 Å². The van der Waals surface area contributed by atoms with Crippen molar-refractivity contribution in [3.63, 3.8) is 0 Å². The predicted molar refractivity (Wildman–Crippen MR) is 63.7 cm³/mol. The Balaban J connectivity index is 0.00000144. The second-order valence-corrected chi connectivity index (χ2v) is 6.16. The van der Waals surface area contributed by atoms with Gasteiger partial charge >= 0.3 is 0 Å². The topological polar surface area (TPSA) is 26.3 Å². The summed E-state index contributed by atoms with van der Waals surface area (Å²) in [6, 6.07) is 0. The molecule has 2 rings (SSSR count). The maximum atomic E-state index is 10.7. The smallest absolute Gasteiger partial charge is 0.293 e. The largest absolute Gasteiger partial charge is 0.461 e. The van der Waals surface area contributed by atoms with Gasteiger partial charge in [0.25, 0.3) is 6.47 Å². The van der Waals surface area contributed by atoms with E-state index in [0.717, 1.165) is 6.42 Å². The summed E-state index contributed by atoms with van der Waals surface area (Å²) in [6.07, 6.45) is 8.37. The van der Waals surface area contributed by atoms with Crippen molar-refractivity contribution in [2.45, 2.75) is 58.5 Å². The SMILES string of the molecule is CC1[CH-]C2(C)CCCC(C)(OC=O)C2CC1.[Y]. The number of hydrogen-bond acceptors (Lipinski definition) is 2. The van der Waals surface area contributed by atoms with E-state index >= 15 is 0 Å². The third-order valence-electron chi connectivity index (χ3n) is 4.82. The fourth-order valence-electron chi connectivity index (χ4n) is 4.11. The van der Waals surface area contributed by atoms with Gasteiger partial charge in [0.05, 0.1) is 0 Å². The monoisotopic (exact) mass is 312 g/mol. The van der Waals surface area contributed by atoms with E-state index < -0.39 is 0 Å². The molecule has 0 N–H and O–H groups in total. The Morgan fingerprint density at radius 2 is 2.00 bits per heavy atom. The first-order valence-corrected chi connectivity index (χ1v) is 6.48. The molecule has 2 nitrogen and oxygen atoms in total. The summed E-state index contributed by atoms with van der Waals surface area (Å²) >= 11 is 0. The maximum absolute atomic E-state index is 10.7. The van der Waals surface area contributed by atoms with E-state index in [1.165, 1.54) is 25.7 Å². The van der Waals surface area contributed by atoms with Gasteiger partial charge in [-0.25, -0.2) is 0 Å². The van der Waals surface area contributed by atoms with E-state index in [1.54, 1.807) is 0 Å². The molecule has 17 heavy (non-hydrogen) atoms. The Hall–Kier alpha value is 0.574. The second kappa shape index (κ2) is 5.69. The molecule has 0 aromatic heterocycles. The molecular formula is C14H23O2Y-. The van der Waals surface area contributed by atoms with Crippen LogP contribution in [0.3, 0.4) is 0 Å². The molecule has 0 heterocycles. The molecule has 0 aliphatic heterocycles. The van der Waals surface area contributed by atoms with Crippen LogP contribution in [0.1, 0.15) is 52.9 Å². The molecule has 4 unspecified atom stereocenters. The van der Waals surface area contributed by atoms with Crippen LogP contribution in [0.2, 0.25) is 0 Å². The van der Waals surface area contributed by atoms with Gasteiger partial charge in [0.15, 0.2) is 0 Å². The van der Waals surface area contributed by atoms with Gasteiger partial charge in [0, 0.05) is 32.7 Å². The van der Waals surface area contributed by atoms with Gasteiger partial charge in [-0.1, -0.05) is 39.5 Å². The molecule has 2 aliphatic carbocycles. The Labute approximate surface area is 130 Å². The fourth-order valence-corrected chi connectivity index (χ4v) is 4.11. The van der Waals surface area contributed by atoms with Crippen molar-refractivity contribution in [1.29, 1.82) is 0 Å².